The summed E-state index contributed by atoms with van der Waals surface area (Å²) in [7, 11) is 1.74. The minimum absolute atomic E-state index is 0.125. The third-order valence-electron chi connectivity index (χ3n) is 5.03. The molecule has 0 radical (unpaired) electrons. The highest BCUT2D eigenvalue weighted by Crippen LogP contribution is 2.24. The Bertz CT molecular complexity index is 855. The number of rotatable bonds is 6. The molecule has 1 aromatic carbocycles. The molecule has 0 bridgehead atoms. The molecule has 2 aromatic rings. The number of nitrogens with two attached hydrogens (primary N) is 1. The van der Waals surface area contributed by atoms with E-state index in [0.29, 0.717) is 25.6 Å². The van der Waals surface area contributed by atoms with Crippen molar-refractivity contribution >= 4 is 29.3 Å². The van der Waals surface area contributed by atoms with Crippen molar-refractivity contribution in [3.8, 4) is 0 Å². The van der Waals surface area contributed by atoms with Crippen LogP contribution in [0.25, 0.3) is 0 Å². The maximum absolute atomic E-state index is 11.6. The van der Waals surface area contributed by atoms with Crippen molar-refractivity contribution in [3.05, 3.63) is 58.7 Å². The molecule has 0 aliphatic carbocycles. The van der Waals surface area contributed by atoms with Gasteiger partial charge in [0.25, 0.3) is 0 Å². The number of aliphatic imine (C=N–C) groups is 1. The summed E-state index contributed by atoms with van der Waals surface area (Å²) in [4.78, 5) is 22.6. The van der Waals surface area contributed by atoms with Crippen molar-refractivity contribution in [1.82, 2.24) is 15.6 Å². The van der Waals surface area contributed by atoms with Crippen LogP contribution in [0.4, 0.5) is 5.82 Å². The number of amides is 1. The van der Waals surface area contributed by atoms with E-state index in [0.717, 1.165) is 41.4 Å². The number of hydrogen-bond acceptors (Lipinski definition) is 4. The molecule has 154 valence electrons. The number of guanidine groups is 1. The molecule has 3 rings (SSSR count). The van der Waals surface area contributed by atoms with Crippen molar-refractivity contribution in [2.45, 2.75) is 25.9 Å². The van der Waals surface area contributed by atoms with Gasteiger partial charge in [0.1, 0.15) is 5.82 Å². The van der Waals surface area contributed by atoms with E-state index >= 15 is 0 Å². The quantitative estimate of drug-likeness (QED) is 0.498. The fourth-order valence-electron chi connectivity index (χ4n) is 3.44. The van der Waals surface area contributed by atoms with E-state index in [9.17, 15) is 4.79 Å². The van der Waals surface area contributed by atoms with Crippen LogP contribution in [0.5, 0.6) is 0 Å². The van der Waals surface area contributed by atoms with Crippen LogP contribution in [-0.2, 0) is 17.9 Å². The fraction of sp³-hybridized carbons (Fsp3) is 0.381. The van der Waals surface area contributed by atoms with Crippen LogP contribution in [0.3, 0.4) is 0 Å². The average molecular weight is 415 g/mol. The van der Waals surface area contributed by atoms with E-state index in [4.69, 9.17) is 17.3 Å². The molecule has 1 aliphatic rings. The molecular formula is C21H27ClN6O. The third kappa shape index (κ3) is 5.84. The first kappa shape index (κ1) is 20.9. The molecule has 1 unspecified atom stereocenters. The Balaban J connectivity index is 1.61. The van der Waals surface area contributed by atoms with Gasteiger partial charge in [-0.3, -0.25) is 9.79 Å². The van der Waals surface area contributed by atoms with Gasteiger partial charge >= 0.3 is 0 Å². The molecule has 7 nitrogen and oxygen atoms in total. The van der Waals surface area contributed by atoms with Crippen molar-refractivity contribution < 1.29 is 4.79 Å². The maximum Gasteiger partial charge on any atom is 0.222 e. The van der Waals surface area contributed by atoms with Gasteiger partial charge in [-0.1, -0.05) is 29.8 Å². The van der Waals surface area contributed by atoms with Gasteiger partial charge in [0, 0.05) is 50.0 Å². The molecule has 2 heterocycles. The number of carbonyl (C=O) groups is 1. The fourth-order valence-corrected chi connectivity index (χ4v) is 3.57. The number of carbonyl (C=O) groups excluding carboxylic acids is 1. The Kier molecular flexibility index (Phi) is 7.30. The zero-order valence-electron chi connectivity index (χ0n) is 16.6. The summed E-state index contributed by atoms with van der Waals surface area (Å²) < 4.78 is 0. The van der Waals surface area contributed by atoms with Gasteiger partial charge in [-0.25, -0.2) is 4.98 Å². The van der Waals surface area contributed by atoms with Gasteiger partial charge < -0.3 is 21.3 Å². The lowest BCUT2D eigenvalue weighted by molar-refractivity contribution is -0.122. The van der Waals surface area contributed by atoms with Crippen LogP contribution in [0, 0.1) is 5.92 Å². The van der Waals surface area contributed by atoms with Gasteiger partial charge in [-0.2, -0.15) is 0 Å². The summed E-state index contributed by atoms with van der Waals surface area (Å²) in [6.45, 7) is 2.70. The zero-order valence-corrected chi connectivity index (χ0v) is 17.3. The molecular weight excluding hydrogens is 388 g/mol. The summed E-state index contributed by atoms with van der Waals surface area (Å²) in [6, 6.07) is 11.7. The highest BCUT2D eigenvalue weighted by atomic mass is 35.5. The largest absolute Gasteiger partial charge is 0.369 e. The van der Waals surface area contributed by atoms with Crippen molar-refractivity contribution in [2.24, 2.45) is 16.6 Å². The highest BCUT2D eigenvalue weighted by Gasteiger charge is 2.25. The number of benzene rings is 1. The number of anilines is 1. The Morgan fingerprint density at radius 3 is 2.76 bits per heavy atom. The van der Waals surface area contributed by atoms with Gasteiger partial charge in [-0.15, -0.1) is 0 Å². The Hall–Kier alpha value is -2.80. The lowest BCUT2D eigenvalue weighted by atomic mass is 9.97. The summed E-state index contributed by atoms with van der Waals surface area (Å²) in [5.74, 6) is 1.22. The summed E-state index contributed by atoms with van der Waals surface area (Å²) in [5.41, 5.74) is 7.69. The summed E-state index contributed by atoms with van der Waals surface area (Å²) in [6.07, 6.45) is 3.55. The molecule has 1 fully saturated rings. The Morgan fingerprint density at radius 2 is 2.03 bits per heavy atom. The van der Waals surface area contributed by atoms with Crippen molar-refractivity contribution in [3.63, 3.8) is 0 Å². The second-order valence-electron chi connectivity index (χ2n) is 7.08. The van der Waals surface area contributed by atoms with Crippen LogP contribution in [-0.4, -0.2) is 37.0 Å². The number of nitrogens with one attached hydrogen (secondary N) is 2. The Labute approximate surface area is 176 Å². The van der Waals surface area contributed by atoms with E-state index < -0.39 is 0 Å². The van der Waals surface area contributed by atoms with E-state index in [1.165, 1.54) is 0 Å². The van der Waals surface area contributed by atoms with Crippen molar-refractivity contribution in [1.29, 1.82) is 0 Å². The number of hydrogen-bond donors (Lipinski definition) is 3. The van der Waals surface area contributed by atoms with Gasteiger partial charge in [0.2, 0.25) is 5.91 Å². The third-order valence-corrected chi connectivity index (χ3v) is 5.29. The SMILES string of the molecule is CN=C(NCc1ccc(Cl)cc1)NCc1cccnc1N1CCCC(C(N)=O)C1. The lowest BCUT2D eigenvalue weighted by Crippen LogP contribution is -2.42. The molecule has 29 heavy (non-hydrogen) atoms. The molecule has 4 N–H and O–H groups in total. The first-order valence-corrected chi connectivity index (χ1v) is 10.1. The van der Waals surface area contributed by atoms with Crippen LogP contribution in [0.2, 0.25) is 5.02 Å². The molecule has 1 atom stereocenters. The van der Waals surface area contributed by atoms with Crippen LogP contribution in [0.15, 0.2) is 47.6 Å². The Morgan fingerprint density at radius 1 is 1.28 bits per heavy atom. The van der Waals surface area contributed by atoms with Gasteiger partial charge in [0.15, 0.2) is 5.96 Å². The number of pyridine rings is 1. The van der Waals surface area contributed by atoms with Crippen LogP contribution in [0.1, 0.15) is 24.0 Å². The summed E-state index contributed by atoms with van der Waals surface area (Å²) in [5, 5.41) is 7.35. The standard InChI is InChI=1S/C21H27ClN6O/c1-24-21(26-12-15-6-8-18(22)9-7-15)27-13-16-4-2-10-25-20(16)28-11-3-5-17(14-28)19(23)29/h2,4,6-10,17H,3,5,11-14H2,1H3,(H2,23,29)(H2,24,26,27). The lowest BCUT2D eigenvalue weighted by Gasteiger charge is -2.33. The number of primary amides is 1. The molecule has 1 aromatic heterocycles. The molecule has 1 aliphatic heterocycles. The predicted molar refractivity (Wildman–Crippen MR) is 117 cm³/mol. The first-order valence-electron chi connectivity index (χ1n) is 9.74. The van der Waals surface area contributed by atoms with Crippen molar-refractivity contribution in [2.75, 3.05) is 25.0 Å². The number of piperidine rings is 1. The predicted octanol–water partition coefficient (Wildman–Crippen LogP) is 2.30. The molecule has 1 saturated heterocycles. The van der Waals surface area contributed by atoms with E-state index in [2.05, 4.69) is 25.5 Å². The second-order valence-corrected chi connectivity index (χ2v) is 7.52. The normalized spacial score (nSPS) is 17.1. The van der Waals surface area contributed by atoms with Gasteiger partial charge in [-0.05, 0) is 36.6 Å². The highest BCUT2D eigenvalue weighted by molar-refractivity contribution is 6.30. The second kappa shape index (κ2) is 10.1. The number of nitrogens with zero attached hydrogens (tertiary/aromatic N) is 3. The van der Waals surface area contributed by atoms with E-state index in [1.807, 2.05) is 36.4 Å². The first-order chi connectivity index (χ1) is 14.1. The van der Waals surface area contributed by atoms with E-state index in [-0.39, 0.29) is 11.8 Å². The number of halogens is 1. The van der Waals surface area contributed by atoms with Gasteiger partial charge in [0.05, 0.1) is 5.92 Å². The minimum Gasteiger partial charge on any atom is -0.369 e. The van der Waals surface area contributed by atoms with Crippen LogP contribution >= 0.6 is 11.6 Å². The molecule has 0 saturated carbocycles. The zero-order chi connectivity index (χ0) is 20.6. The minimum atomic E-state index is -0.239. The maximum atomic E-state index is 11.6. The molecule has 0 spiro atoms. The molecule has 1 amide bonds. The van der Waals surface area contributed by atoms with Crippen LogP contribution < -0.4 is 21.3 Å². The average Bonchev–Trinajstić information content (AvgIpc) is 2.75. The molecule has 8 heteroatoms. The topological polar surface area (TPSA) is 95.6 Å². The number of aromatic nitrogens is 1. The smallest absolute Gasteiger partial charge is 0.222 e. The van der Waals surface area contributed by atoms with E-state index in [1.54, 1.807) is 13.2 Å². The monoisotopic (exact) mass is 414 g/mol. The summed E-state index contributed by atoms with van der Waals surface area (Å²) >= 11 is 5.93.